The van der Waals surface area contributed by atoms with Gasteiger partial charge < -0.3 is 14.8 Å². The highest BCUT2D eigenvalue weighted by Crippen LogP contribution is 2.48. The van der Waals surface area contributed by atoms with Crippen molar-refractivity contribution in [2.45, 2.75) is 25.8 Å². The highest BCUT2D eigenvalue weighted by molar-refractivity contribution is 6.30. The molecule has 1 aliphatic rings. The van der Waals surface area contributed by atoms with Crippen molar-refractivity contribution in [2.75, 3.05) is 13.2 Å². The second-order valence-corrected chi connectivity index (χ2v) is 5.77. The first-order valence-electron chi connectivity index (χ1n) is 6.72. The van der Waals surface area contributed by atoms with Crippen LogP contribution < -0.4 is 5.32 Å². The van der Waals surface area contributed by atoms with Gasteiger partial charge in [0.15, 0.2) is 5.22 Å². The zero-order chi connectivity index (χ0) is 13.3. The van der Waals surface area contributed by atoms with Crippen LogP contribution >= 0.6 is 11.6 Å². The lowest BCUT2D eigenvalue weighted by molar-refractivity contribution is 0.245. The Kier molecular flexibility index (Phi) is 3.52. The van der Waals surface area contributed by atoms with E-state index in [1.807, 2.05) is 24.3 Å². The zero-order valence-corrected chi connectivity index (χ0v) is 11.5. The molecule has 0 radical (unpaired) electrons. The monoisotopic (exact) mass is 279 g/mol. The number of nitrogens with one attached hydrogen (secondary N) is 1. The molecule has 0 spiro atoms. The summed E-state index contributed by atoms with van der Waals surface area (Å²) >= 11 is 6.15. The smallest absolute Gasteiger partial charge is 0.199 e. The van der Waals surface area contributed by atoms with Gasteiger partial charge in [-0.1, -0.05) is 18.2 Å². The predicted octanol–water partition coefficient (Wildman–Crippen LogP) is 3.34. The highest BCUT2D eigenvalue weighted by atomic mass is 35.5. The summed E-state index contributed by atoms with van der Waals surface area (Å²) in [5.41, 5.74) is 2.18. The predicted molar refractivity (Wildman–Crippen MR) is 76.3 cm³/mol. The Morgan fingerprint density at radius 3 is 2.84 bits per heavy atom. The van der Waals surface area contributed by atoms with Crippen LogP contribution in [0.3, 0.4) is 0 Å². The van der Waals surface area contributed by atoms with Gasteiger partial charge in [-0.3, -0.25) is 0 Å². The summed E-state index contributed by atoms with van der Waals surface area (Å²) in [4.78, 5) is 0. The van der Waals surface area contributed by atoms with Gasteiger partial charge in [0.1, 0.15) is 5.58 Å². The van der Waals surface area contributed by atoms with E-state index in [2.05, 4.69) is 5.32 Å². The third-order valence-corrected chi connectivity index (χ3v) is 4.36. The van der Waals surface area contributed by atoms with Gasteiger partial charge in [0.25, 0.3) is 0 Å². The quantitative estimate of drug-likeness (QED) is 0.852. The Balaban J connectivity index is 1.67. The van der Waals surface area contributed by atoms with Crippen LogP contribution in [-0.2, 0) is 6.54 Å². The molecule has 1 aliphatic carbocycles. The second kappa shape index (κ2) is 5.16. The molecule has 4 heteroatoms. The van der Waals surface area contributed by atoms with Gasteiger partial charge in [0, 0.05) is 30.6 Å². The summed E-state index contributed by atoms with van der Waals surface area (Å²) in [7, 11) is 0. The molecule has 0 bridgehead atoms. The number of aliphatic hydroxyl groups is 1. The lowest BCUT2D eigenvalue weighted by atomic mass is 10.0. The molecule has 1 fully saturated rings. The Hall–Kier alpha value is -1.03. The van der Waals surface area contributed by atoms with E-state index in [0.717, 1.165) is 29.5 Å². The SMILES string of the molecule is OCCC1(CNCc2c(Cl)oc3ccccc23)CC1. The molecule has 3 rings (SSSR count). The van der Waals surface area contributed by atoms with Gasteiger partial charge in [-0.15, -0.1) is 0 Å². The van der Waals surface area contributed by atoms with Crippen LogP contribution in [0.4, 0.5) is 0 Å². The molecule has 0 amide bonds. The molecular weight excluding hydrogens is 262 g/mol. The maximum Gasteiger partial charge on any atom is 0.199 e. The average molecular weight is 280 g/mol. The van der Waals surface area contributed by atoms with Crippen LogP contribution in [-0.4, -0.2) is 18.3 Å². The van der Waals surface area contributed by atoms with E-state index in [9.17, 15) is 0 Å². The van der Waals surface area contributed by atoms with Gasteiger partial charge in [-0.2, -0.15) is 0 Å². The van der Waals surface area contributed by atoms with Crippen molar-refractivity contribution in [3.63, 3.8) is 0 Å². The maximum absolute atomic E-state index is 9.05. The van der Waals surface area contributed by atoms with Crippen LogP contribution in [0.25, 0.3) is 11.0 Å². The van der Waals surface area contributed by atoms with Crippen LogP contribution in [0.2, 0.25) is 5.22 Å². The second-order valence-electron chi connectivity index (χ2n) is 5.43. The molecule has 0 saturated heterocycles. The van der Waals surface area contributed by atoms with Crippen molar-refractivity contribution in [1.82, 2.24) is 5.32 Å². The minimum Gasteiger partial charge on any atom is -0.444 e. The fourth-order valence-corrected chi connectivity index (χ4v) is 2.87. The highest BCUT2D eigenvalue weighted by Gasteiger charge is 2.41. The minimum absolute atomic E-state index is 0.275. The molecule has 2 aromatic rings. The molecule has 1 aromatic carbocycles. The topological polar surface area (TPSA) is 45.4 Å². The van der Waals surface area contributed by atoms with E-state index in [4.69, 9.17) is 21.1 Å². The van der Waals surface area contributed by atoms with E-state index in [-0.39, 0.29) is 6.61 Å². The van der Waals surface area contributed by atoms with E-state index >= 15 is 0 Å². The summed E-state index contributed by atoms with van der Waals surface area (Å²) in [6.45, 7) is 1.92. The Labute approximate surface area is 117 Å². The first-order chi connectivity index (χ1) is 9.24. The number of para-hydroxylation sites is 1. The molecule has 19 heavy (non-hydrogen) atoms. The van der Waals surface area contributed by atoms with Crippen LogP contribution in [0, 0.1) is 5.41 Å². The fourth-order valence-electron chi connectivity index (χ4n) is 2.62. The third-order valence-electron chi connectivity index (χ3n) is 4.05. The third kappa shape index (κ3) is 2.64. The minimum atomic E-state index is 0.275. The number of hydrogen-bond acceptors (Lipinski definition) is 3. The number of halogens is 1. The van der Waals surface area contributed by atoms with E-state index in [1.165, 1.54) is 12.8 Å². The van der Waals surface area contributed by atoms with Crippen molar-refractivity contribution in [2.24, 2.45) is 5.41 Å². The van der Waals surface area contributed by atoms with Crippen LogP contribution in [0.5, 0.6) is 0 Å². The normalized spacial score (nSPS) is 16.9. The summed E-state index contributed by atoms with van der Waals surface area (Å²) in [6, 6.07) is 7.90. The van der Waals surface area contributed by atoms with E-state index in [1.54, 1.807) is 0 Å². The standard InChI is InChI=1S/C15H18ClNO2/c16-14-12(11-3-1-2-4-13(11)19-14)9-17-10-15(5-6-15)7-8-18/h1-4,17-18H,5-10H2. The fraction of sp³-hybridized carbons (Fsp3) is 0.467. The molecule has 0 aliphatic heterocycles. The van der Waals surface area contributed by atoms with Gasteiger partial charge in [0.05, 0.1) is 0 Å². The van der Waals surface area contributed by atoms with Gasteiger partial charge in [-0.05, 0) is 42.3 Å². The van der Waals surface area contributed by atoms with Gasteiger partial charge in [0.2, 0.25) is 0 Å². The Bertz CT molecular complexity index is 575. The molecule has 0 unspecified atom stereocenters. The molecule has 1 saturated carbocycles. The van der Waals surface area contributed by atoms with Crippen molar-refractivity contribution >= 4 is 22.6 Å². The Morgan fingerprint density at radius 1 is 1.32 bits per heavy atom. The maximum atomic E-state index is 9.05. The van der Waals surface area contributed by atoms with Crippen LogP contribution in [0.15, 0.2) is 28.7 Å². The van der Waals surface area contributed by atoms with Gasteiger partial charge >= 0.3 is 0 Å². The molecule has 1 aromatic heterocycles. The summed E-state index contributed by atoms with van der Waals surface area (Å²) < 4.78 is 5.53. The molecule has 1 heterocycles. The molecular formula is C15H18ClNO2. The molecule has 0 atom stereocenters. The van der Waals surface area contributed by atoms with Crippen molar-refractivity contribution in [3.8, 4) is 0 Å². The number of furan rings is 1. The number of aliphatic hydroxyl groups excluding tert-OH is 1. The van der Waals surface area contributed by atoms with Crippen LogP contribution in [0.1, 0.15) is 24.8 Å². The number of rotatable bonds is 6. The first-order valence-corrected chi connectivity index (χ1v) is 7.09. The molecule has 102 valence electrons. The summed E-state index contributed by atoms with van der Waals surface area (Å²) in [5.74, 6) is 0. The number of hydrogen-bond donors (Lipinski definition) is 2. The number of benzene rings is 1. The number of fused-ring (bicyclic) bond motifs is 1. The summed E-state index contributed by atoms with van der Waals surface area (Å²) in [5, 5.41) is 14.0. The average Bonchev–Trinajstić information content (AvgIpc) is 3.08. The van der Waals surface area contributed by atoms with E-state index in [0.29, 0.717) is 17.2 Å². The molecule has 3 nitrogen and oxygen atoms in total. The summed E-state index contributed by atoms with van der Waals surface area (Å²) in [6.07, 6.45) is 3.31. The first kappa shape index (κ1) is 13.0. The lowest BCUT2D eigenvalue weighted by Crippen LogP contribution is -2.24. The lowest BCUT2D eigenvalue weighted by Gasteiger charge is -2.14. The largest absolute Gasteiger partial charge is 0.444 e. The zero-order valence-electron chi connectivity index (χ0n) is 10.8. The molecule has 2 N–H and O–H groups in total. The van der Waals surface area contributed by atoms with Crippen molar-refractivity contribution in [3.05, 3.63) is 35.0 Å². The Morgan fingerprint density at radius 2 is 2.11 bits per heavy atom. The van der Waals surface area contributed by atoms with Crippen molar-refractivity contribution in [1.29, 1.82) is 0 Å². The van der Waals surface area contributed by atoms with Crippen molar-refractivity contribution < 1.29 is 9.52 Å². The van der Waals surface area contributed by atoms with Gasteiger partial charge in [-0.25, -0.2) is 0 Å². The van der Waals surface area contributed by atoms with E-state index < -0.39 is 0 Å².